The zero-order valence-electron chi connectivity index (χ0n) is 8.92. The molecule has 0 heterocycles. The summed E-state index contributed by atoms with van der Waals surface area (Å²) in [5.74, 6) is -1.26. The molecule has 0 aliphatic heterocycles. The second-order valence-electron chi connectivity index (χ2n) is 3.57. The van der Waals surface area contributed by atoms with Gasteiger partial charge in [0.2, 0.25) is 0 Å². The summed E-state index contributed by atoms with van der Waals surface area (Å²) < 4.78 is 0. The Morgan fingerprint density at radius 1 is 1.44 bits per heavy atom. The van der Waals surface area contributed by atoms with E-state index in [0.29, 0.717) is 12.8 Å². The van der Waals surface area contributed by atoms with E-state index in [-0.39, 0.29) is 5.69 Å². The van der Waals surface area contributed by atoms with Crippen molar-refractivity contribution in [3.63, 3.8) is 0 Å². The van der Waals surface area contributed by atoms with Crippen LogP contribution in [0.1, 0.15) is 18.9 Å². The molecule has 1 atom stereocenters. The second kappa shape index (κ2) is 5.25. The molecule has 0 aliphatic carbocycles. The van der Waals surface area contributed by atoms with E-state index in [1.807, 2.05) is 6.92 Å². The number of rotatable bonds is 5. The summed E-state index contributed by atoms with van der Waals surface area (Å²) in [5.41, 5.74) is 0.826. The van der Waals surface area contributed by atoms with E-state index in [1.165, 1.54) is 12.1 Å². The molecule has 1 N–H and O–H groups in total. The third-order valence-corrected chi connectivity index (χ3v) is 2.47. The van der Waals surface area contributed by atoms with Crippen molar-refractivity contribution in [2.24, 2.45) is 5.92 Å². The largest absolute Gasteiger partial charge is 0.481 e. The van der Waals surface area contributed by atoms with E-state index in [2.05, 4.69) is 0 Å². The van der Waals surface area contributed by atoms with Crippen LogP contribution in [-0.4, -0.2) is 16.0 Å². The van der Waals surface area contributed by atoms with Gasteiger partial charge in [-0.2, -0.15) is 0 Å². The highest BCUT2D eigenvalue weighted by Gasteiger charge is 2.15. The number of carboxylic acid groups (broad SMARTS) is 1. The number of non-ortho nitro benzene ring substituents is 1. The quantitative estimate of drug-likeness (QED) is 0.613. The summed E-state index contributed by atoms with van der Waals surface area (Å²) in [6.07, 6.45) is 0.955. The van der Waals surface area contributed by atoms with E-state index in [4.69, 9.17) is 5.11 Å². The molecule has 0 saturated carbocycles. The van der Waals surface area contributed by atoms with Crippen LogP contribution < -0.4 is 0 Å². The van der Waals surface area contributed by atoms with Gasteiger partial charge in [-0.3, -0.25) is 14.9 Å². The molecule has 0 aromatic heterocycles. The highest BCUT2D eigenvalue weighted by molar-refractivity contribution is 5.70. The first-order chi connectivity index (χ1) is 7.54. The molecular weight excluding hydrogens is 210 g/mol. The second-order valence-corrected chi connectivity index (χ2v) is 3.57. The highest BCUT2D eigenvalue weighted by Crippen LogP contribution is 2.16. The van der Waals surface area contributed by atoms with Gasteiger partial charge in [0.25, 0.3) is 5.69 Å². The molecule has 5 nitrogen and oxygen atoms in total. The van der Waals surface area contributed by atoms with Gasteiger partial charge < -0.3 is 5.11 Å². The monoisotopic (exact) mass is 223 g/mol. The smallest absolute Gasteiger partial charge is 0.306 e. The predicted molar refractivity (Wildman–Crippen MR) is 58.2 cm³/mol. The Labute approximate surface area is 92.9 Å². The van der Waals surface area contributed by atoms with E-state index in [0.717, 1.165) is 5.56 Å². The van der Waals surface area contributed by atoms with Crippen LogP contribution >= 0.6 is 0 Å². The third-order valence-electron chi connectivity index (χ3n) is 2.47. The standard InChI is InChI=1S/C11H13NO4/c1-2-9(11(13)14)7-8-3-5-10(6-4-8)12(15)16/h3-6,9H,2,7H2,1H3,(H,13,14)/t9-/m1/s1. The van der Waals surface area contributed by atoms with Gasteiger partial charge in [0.15, 0.2) is 0 Å². The summed E-state index contributed by atoms with van der Waals surface area (Å²) >= 11 is 0. The molecule has 5 heteroatoms. The maximum atomic E-state index is 10.8. The van der Waals surface area contributed by atoms with Gasteiger partial charge in [0.1, 0.15) is 0 Å². The number of hydrogen-bond donors (Lipinski definition) is 1. The average molecular weight is 223 g/mol. The van der Waals surface area contributed by atoms with Gasteiger partial charge in [-0.15, -0.1) is 0 Å². The van der Waals surface area contributed by atoms with Gasteiger partial charge in [0.05, 0.1) is 10.8 Å². The molecule has 0 unspecified atom stereocenters. The number of nitrogens with zero attached hydrogens (tertiary/aromatic N) is 1. The van der Waals surface area contributed by atoms with Gasteiger partial charge in [-0.05, 0) is 18.4 Å². The van der Waals surface area contributed by atoms with Crippen molar-refractivity contribution in [3.8, 4) is 0 Å². The Hall–Kier alpha value is -1.91. The maximum absolute atomic E-state index is 10.8. The highest BCUT2D eigenvalue weighted by atomic mass is 16.6. The van der Waals surface area contributed by atoms with E-state index < -0.39 is 16.8 Å². The average Bonchev–Trinajstić information content (AvgIpc) is 2.26. The fourth-order valence-electron chi connectivity index (χ4n) is 1.44. The van der Waals surface area contributed by atoms with Crippen LogP contribution in [0.3, 0.4) is 0 Å². The Balaban J connectivity index is 2.75. The molecule has 0 saturated heterocycles. The first kappa shape index (κ1) is 12.2. The lowest BCUT2D eigenvalue weighted by Crippen LogP contribution is -2.15. The lowest BCUT2D eigenvalue weighted by atomic mass is 9.97. The predicted octanol–water partition coefficient (Wildman–Crippen LogP) is 2.25. The lowest BCUT2D eigenvalue weighted by Gasteiger charge is -2.08. The molecular formula is C11H13NO4. The molecule has 0 fully saturated rings. The Bertz CT molecular complexity index is 385. The zero-order valence-corrected chi connectivity index (χ0v) is 8.92. The fourth-order valence-corrected chi connectivity index (χ4v) is 1.44. The summed E-state index contributed by atoms with van der Waals surface area (Å²) in [6, 6.07) is 5.99. The fraction of sp³-hybridized carbons (Fsp3) is 0.364. The summed E-state index contributed by atoms with van der Waals surface area (Å²) in [6.45, 7) is 1.81. The first-order valence-corrected chi connectivity index (χ1v) is 5.00. The topological polar surface area (TPSA) is 80.4 Å². The molecule has 0 aliphatic rings. The maximum Gasteiger partial charge on any atom is 0.306 e. The van der Waals surface area contributed by atoms with Gasteiger partial charge in [-0.1, -0.05) is 19.1 Å². The van der Waals surface area contributed by atoms with Crippen molar-refractivity contribution < 1.29 is 14.8 Å². The van der Waals surface area contributed by atoms with E-state index in [9.17, 15) is 14.9 Å². The number of hydrogen-bond acceptors (Lipinski definition) is 3. The van der Waals surface area contributed by atoms with E-state index >= 15 is 0 Å². The van der Waals surface area contributed by atoms with Gasteiger partial charge in [0, 0.05) is 12.1 Å². The molecule has 0 radical (unpaired) electrons. The summed E-state index contributed by atoms with van der Waals surface area (Å²) in [7, 11) is 0. The number of benzene rings is 1. The minimum atomic E-state index is -0.833. The van der Waals surface area contributed by atoms with Crippen LogP contribution in [0, 0.1) is 16.0 Å². The number of nitro benzene ring substituents is 1. The van der Waals surface area contributed by atoms with Crippen molar-refractivity contribution in [2.45, 2.75) is 19.8 Å². The molecule has 86 valence electrons. The Morgan fingerprint density at radius 3 is 2.38 bits per heavy atom. The van der Waals surface area contributed by atoms with Crippen molar-refractivity contribution in [1.29, 1.82) is 0 Å². The normalized spacial score (nSPS) is 12.1. The van der Waals surface area contributed by atoms with Crippen LogP contribution in [0.25, 0.3) is 0 Å². The number of carboxylic acids is 1. The van der Waals surface area contributed by atoms with Crippen LogP contribution in [0.5, 0.6) is 0 Å². The van der Waals surface area contributed by atoms with Crippen molar-refractivity contribution in [2.75, 3.05) is 0 Å². The molecule has 1 aromatic rings. The van der Waals surface area contributed by atoms with Crippen LogP contribution in [0.15, 0.2) is 24.3 Å². The first-order valence-electron chi connectivity index (χ1n) is 5.00. The van der Waals surface area contributed by atoms with Crippen molar-refractivity contribution in [1.82, 2.24) is 0 Å². The Kier molecular flexibility index (Phi) is 3.99. The van der Waals surface area contributed by atoms with Crippen molar-refractivity contribution >= 4 is 11.7 Å². The van der Waals surface area contributed by atoms with Crippen LogP contribution in [-0.2, 0) is 11.2 Å². The molecule has 0 amide bonds. The van der Waals surface area contributed by atoms with Crippen molar-refractivity contribution in [3.05, 3.63) is 39.9 Å². The molecule has 0 spiro atoms. The molecule has 1 rings (SSSR count). The van der Waals surface area contributed by atoms with E-state index in [1.54, 1.807) is 12.1 Å². The number of aliphatic carboxylic acids is 1. The molecule has 0 bridgehead atoms. The third kappa shape index (κ3) is 3.05. The Morgan fingerprint density at radius 2 is 2.00 bits per heavy atom. The van der Waals surface area contributed by atoms with Crippen LogP contribution in [0.4, 0.5) is 5.69 Å². The molecule has 16 heavy (non-hydrogen) atoms. The number of carbonyl (C=O) groups is 1. The minimum absolute atomic E-state index is 0.0205. The van der Waals surface area contributed by atoms with Gasteiger partial charge in [-0.25, -0.2) is 0 Å². The number of nitro groups is 1. The molecule has 1 aromatic carbocycles. The minimum Gasteiger partial charge on any atom is -0.481 e. The zero-order chi connectivity index (χ0) is 12.1. The summed E-state index contributed by atoms with van der Waals surface area (Å²) in [4.78, 5) is 20.7. The van der Waals surface area contributed by atoms with Crippen LogP contribution in [0.2, 0.25) is 0 Å². The lowest BCUT2D eigenvalue weighted by molar-refractivity contribution is -0.384. The summed E-state index contributed by atoms with van der Waals surface area (Å²) in [5, 5.41) is 19.3. The van der Waals surface area contributed by atoms with Gasteiger partial charge >= 0.3 is 5.97 Å². The SMILES string of the molecule is CC[C@H](Cc1ccc([N+](=O)[O-])cc1)C(=O)O.